The Hall–Kier alpha value is -2.90. The van der Waals surface area contributed by atoms with Crippen LogP contribution in [-0.4, -0.2) is 43.8 Å². The third-order valence-electron chi connectivity index (χ3n) is 4.66. The summed E-state index contributed by atoms with van der Waals surface area (Å²) >= 11 is 0. The SMILES string of the molecule is COc1ccc2c(c1)c(CC(C)NC(=O)C(C)(C)n1cnnn1)cn2C. The Kier molecular flexibility index (Phi) is 4.67. The first-order valence-corrected chi connectivity index (χ1v) is 8.49. The first-order valence-electron chi connectivity index (χ1n) is 8.49. The van der Waals surface area contributed by atoms with Crippen LogP contribution < -0.4 is 10.1 Å². The number of benzene rings is 1. The summed E-state index contributed by atoms with van der Waals surface area (Å²) in [5.74, 6) is 0.691. The van der Waals surface area contributed by atoms with Crippen LogP contribution >= 0.6 is 0 Å². The Morgan fingerprint density at radius 3 is 2.81 bits per heavy atom. The molecule has 8 nitrogen and oxygen atoms in total. The van der Waals surface area contributed by atoms with Gasteiger partial charge in [-0.3, -0.25) is 4.79 Å². The van der Waals surface area contributed by atoms with Crippen LogP contribution in [-0.2, 0) is 23.8 Å². The Labute approximate surface area is 152 Å². The zero-order valence-electron chi connectivity index (χ0n) is 15.7. The summed E-state index contributed by atoms with van der Waals surface area (Å²) in [6, 6.07) is 5.98. The van der Waals surface area contributed by atoms with E-state index in [9.17, 15) is 4.79 Å². The maximum Gasteiger partial charge on any atom is 0.247 e. The molecule has 2 heterocycles. The van der Waals surface area contributed by atoms with E-state index in [4.69, 9.17) is 4.74 Å². The zero-order chi connectivity index (χ0) is 18.9. The molecular weight excluding hydrogens is 332 g/mol. The molecule has 8 heteroatoms. The number of carbonyl (C=O) groups is 1. The third-order valence-corrected chi connectivity index (χ3v) is 4.66. The second-order valence-corrected chi connectivity index (χ2v) is 7.04. The number of amides is 1. The van der Waals surface area contributed by atoms with Gasteiger partial charge in [-0.15, -0.1) is 5.10 Å². The summed E-state index contributed by atoms with van der Waals surface area (Å²) in [4.78, 5) is 12.7. The molecule has 0 bridgehead atoms. The lowest BCUT2D eigenvalue weighted by atomic mass is 10.0. The third kappa shape index (κ3) is 3.26. The fourth-order valence-corrected chi connectivity index (χ4v) is 3.05. The first kappa shape index (κ1) is 17.9. The lowest BCUT2D eigenvalue weighted by Crippen LogP contribution is -2.48. The van der Waals surface area contributed by atoms with Crippen molar-refractivity contribution in [2.24, 2.45) is 7.05 Å². The van der Waals surface area contributed by atoms with Crippen LogP contribution in [0.3, 0.4) is 0 Å². The molecule has 0 aliphatic carbocycles. The van der Waals surface area contributed by atoms with E-state index in [0.29, 0.717) is 6.42 Å². The number of methoxy groups -OCH3 is 1. The van der Waals surface area contributed by atoms with Gasteiger partial charge >= 0.3 is 0 Å². The number of rotatable bonds is 6. The van der Waals surface area contributed by atoms with Crippen molar-refractivity contribution in [2.75, 3.05) is 7.11 Å². The molecular formula is C18H24N6O2. The minimum Gasteiger partial charge on any atom is -0.497 e. The van der Waals surface area contributed by atoms with Crippen molar-refractivity contribution in [3.63, 3.8) is 0 Å². The van der Waals surface area contributed by atoms with Crippen LogP contribution in [0, 0.1) is 0 Å². The maximum atomic E-state index is 12.7. The molecule has 26 heavy (non-hydrogen) atoms. The Balaban J connectivity index is 1.77. The van der Waals surface area contributed by atoms with Crippen LogP contribution in [0.2, 0.25) is 0 Å². The van der Waals surface area contributed by atoms with Gasteiger partial charge in [0.2, 0.25) is 5.91 Å². The monoisotopic (exact) mass is 356 g/mol. The summed E-state index contributed by atoms with van der Waals surface area (Å²) in [6.07, 6.45) is 4.25. The predicted octanol–water partition coefficient (Wildman–Crippen LogP) is 1.66. The molecule has 1 unspecified atom stereocenters. The van der Waals surface area contributed by atoms with Crippen molar-refractivity contribution < 1.29 is 9.53 Å². The van der Waals surface area contributed by atoms with E-state index in [1.807, 2.05) is 32.2 Å². The van der Waals surface area contributed by atoms with Gasteiger partial charge in [-0.05, 0) is 61.4 Å². The molecule has 0 saturated carbocycles. The number of nitrogens with one attached hydrogen (secondary N) is 1. The van der Waals surface area contributed by atoms with Crippen LogP contribution in [0.1, 0.15) is 26.3 Å². The lowest BCUT2D eigenvalue weighted by Gasteiger charge is -2.25. The smallest absolute Gasteiger partial charge is 0.247 e. The number of fused-ring (bicyclic) bond motifs is 1. The molecule has 0 saturated heterocycles. The van der Waals surface area contributed by atoms with E-state index in [-0.39, 0.29) is 11.9 Å². The highest BCUT2D eigenvalue weighted by atomic mass is 16.5. The molecule has 3 rings (SSSR count). The molecule has 2 aromatic heterocycles. The van der Waals surface area contributed by atoms with E-state index in [1.54, 1.807) is 21.0 Å². The van der Waals surface area contributed by atoms with Gasteiger partial charge < -0.3 is 14.6 Å². The average molecular weight is 356 g/mol. The van der Waals surface area contributed by atoms with Crippen LogP contribution in [0.15, 0.2) is 30.7 Å². The van der Waals surface area contributed by atoms with Gasteiger partial charge in [-0.1, -0.05) is 0 Å². The number of hydrogen-bond acceptors (Lipinski definition) is 5. The molecule has 0 fully saturated rings. The van der Waals surface area contributed by atoms with Crippen molar-refractivity contribution in [3.8, 4) is 5.75 Å². The van der Waals surface area contributed by atoms with Crippen LogP contribution in [0.4, 0.5) is 0 Å². The van der Waals surface area contributed by atoms with Gasteiger partial charge in [-0.25, -0.2) is 4.68 Å². The fraction of sp³-hybridized carbons (Fsp3) is 0.444. The molecule has 0 aliphatic heterocycles. The molecule has 3 aromatic rings. The molecule has 0 aliphatic rings. The lowest BCUT2D eigenvalue weighted by molar-refractivity contribution is -0.129. The van der Waals surface area contributed by atoms with Crippen molar-refractivity contribution in [2.45, 2.75) is 38.8 Å². The van der Waals surface area contributed by atoms with Crippen LogP contribution in [0.5, 0.6) is 5.75 Å². The van der Waals surface area contributed by atoms with Crippen molar-refractivity contribution in [1.82, 2.24) is 30.1 Å². The standard InChI is InChI=1S/C18H24N6O2/c1-12(20-17(25)18(2,3)24-11-19-21-22-24)8-13-10-23(4)16-7-6-14(26-5)9-15(13)16/h6-7,9-12H,8H2,1-5H3,(H,20,25). The molecule has 0 radical (unpaired) electrons. The summed E-state index contributed by atoms with van der Waals surface area (Å²) < 4.78 is 8.88. The topological polar surface area (TPSA) is 86.9 Å². The predicted molar refractivity (Wildman–Crippen MR) is 97.9 cm³/mol. The zero-order valence-corrected chi connectivity index (χ0v) is 15.7. The number of nitrogens with zero attached hydrogens (tertiary/aromatic N) is 5. The molecule has 1 amide bonds. The minimum absolute atomic E-state index is 0.0462. The second kappa shape index (κ2) is 6.78. The number of aryl methyl sites for hydroxylation is 1. The quantitative estimate of drug-likeness (QED) is 0.726. The number of aromatic nitrogens is 5. The van der Waals surface area contributed by atoms with E-state index >= 15 is 0 Å². The van der Waals surface area contributed by atoms with Gasteiger partial charge in [0.25, 0.3) is 0 Å². The van der Waals surface area contributed by atoms with Gasteiger partial charge in [-0.2, -0.15) is 0 Å². The number of tetrazole rings is 1. The average Bonchev–Trinajstić information content (AvgIpc) is 3.24. The Bertz CT molecular complexity index is 913. The van der Waals surface area contributed by atoms with E-state index < -0.39 is 5.54 Å². The largest absolute Gasteiger partial charge is 0.497 e. The van der Waals surface area contributed by atoms with Gasteiger partial charge in [0.05, 0.1) is 7.11 Å². The summed E-state index contributed by atoms with van der Waals surface area (Å²) in [5, 5.41) is 15.3. The highest BCUT2D eigenvalue weighted by molar-refractivity contribution is 5.86. The number of ether oxygens (including phenoxy) is 1. The van der Waals surface area contributed by atoms with Crippen LogP contribution in [0.25, 0.3) is 10.9 Å². The second-order valence-electron chi connectivity index (χ2n) is 7.04. The molecule has 138 valence electrons. The van der Waals surface area contributed by atoms with E-state index in [0.717, 1.165) is 22.2 Å². The summed E-state index contributed by atoms with van der Waals surface area (Å²) in [7, 11) is 3.68. The Morgan fingerprint density at radius 1 is 1.38 bits per heavy atom. The van der Waals surface area contributed by atoms with Crippen molar-refractivity contribution in [1.29, 1.82) is 0 Å². The van der Waals surface area contributed by atoms with E-state index in [2.05, 4.69) is 31.6 Å². The van der Waals surface area contributed by atoms with Gasteiger partial charge in [0.15, 0.2) is 0 Å². The minimum atomic E-state index is -0.861. The number of hydrogen-bond donors (Lipinski definition) is 1. The molecule has 1 N–H and O–H groups in total. The van der Waals surface area contributed by atoms with Gasteiger partial charge in [0.1, 0.15) is 17.6 Å². The van der Waals surface area contributed by atoms with Crippen molar-refractivity contribution in [3.05, 3.63) is 36.3 Å². The first-order chi connectivity index (χ1) is 12.3. The molecule has 1 aromatic carbocycles. The van der Waals surface area contributed by atoms with Gasteiger partial charge in [0, 0.05) is 30.2 Å². The molecule has 0 spiro atoms. The fourth-order valence-electron chi connectivity index (χ4n) is 3.05. The van der Waals surface area contributed by atoms with Crippen molar-refractivity contribution >= 4 is 16.8 Å². The number of carbonyl (C=O) groups excluding carboxylic acids is 1. The maximum absolute atomic E-state index is 12.7. The Morgan fingerprint density at radius 2 is 2.15 bits per heavy atom. The summed E-state index contributed by atoms with van der Waals surface area (Å²) in [6.45, 7) is 5.56. The highest BCUT2D eigenvalue weighted by Crippen LogP contribution is 2.26. The summed E-state index contributed by atoms with van der Waals surface area (Å²) in [5.41, 5.74) is 1.43. The van der Waals surface area contributed by atoms with E-state index in [1.165, 1.54) is 11.0 Å². The normalized spacial score (nSPS) is 13.0. The highest BCUT2D eigenvalue weighted by Gasteiger charge is 2.32. The molecule has 1 atom stereocenters.